The Morgan fingerprint density at radius 1 is 1.11 bits per heavy atom. The first kappa shape index (κ1) is 18.9. The standard InChI is InChI=1S/C18H11ClF4N2O2/c1-9(26)25-8-13(12-4-3-11(20)7-16(12)25)17(27)24-15-6-10(18(21,22)23)2-5-14(15)19/h2-8H,1H3,(H,24,27). The lowest BCUT2D eigenvalue weighted by Crippen LogP contribution is -2.13. The average molecular weight is 399 g/mol. The lowest BCUT2D eigenvalue weighted by molar-refractivity contribution is -0.137. The van der Waals surface area contributed by atoms with E-state index < -0.39 is 29.4 Å². The summed E-state index contributed by atoms with van der Waals surface area (Å²) in [6, 6.07) is 6.04. The summed E-state index contributed by atoms with van der Waals surface area (Å²) in [4.78, 5) is 24.3. The molecular formula is C18H11ClF4N2O2. The van der Waals surface area contributed by atoms with Gasteiger partial charge in [-0.3, -0.25) is 14.2 Å². The fraction of sp³-hybridized carbons (Fsp3) is 0.111. The number of hydrogen-bond donors (Lipinski definition) is 1. The molecule has 1 N–H and O–H groups in total. The van der Waals surface area contributed by atoms with Gasteiger partial charge in [-0.15, -0.1) is 0 Å². The van der Waals surface area contributed by atoms with Crippen molar-refractivity contribution in [2.24, 2.45) is 0 Å². The van der Waals surface area contributed by atoms with Gasteiger partial charge < -0.3 is 5.32 Å². The molecule has 0 bridgehead atoms. The molecule has 0 aliphatic carbocycles. The molecule has 1 amide bonds. The summed E-state index contributed by atoms with van der Waals surface area (Å²) in [6.45, 7) is 1.23. The highest BCUT2D eigenvalue weighted by molar-refractivity contribution is 6.34. The Morgan fingerprint density at radius 3 is 2.44 bits per heavy atom. The number of benzene rings is 2. The first-order valence-electron chi connectivity index (χ1n) is 7.57. The maximum Gasteiger partial charge on any atom is 0.416 e. The summed E-state index contributed by atoms with van der Waals surface area (Å²) in [5.74, 6) is -1.84. The van der Waals surface area contributed by atoms with E-state index in [1.165, 1.54) is 19.2 Å². The highest BCUT2D eigenvalue weighted by Gasteiger charge is 2.31. The first-order valence-corrected chi connectivity index (χ1v) is 7.95. The monoisotopic (exact) mass is 398 g/mol. The summed E-state index contributed by atoms with van der Waals surface area (Å²) >= 11 is 5.88. The molecule has 2 aromatic carbocycles. The number of carbonyl (C=O) groups is 2. The van der Waals surface area contributed by atoms with E-state index >= 15 is 0 Å². The Hall–Kier alpha value is -2.87. The van der Waals surface area contributed by atoms with Crippen LogP contribution >= 0.6 is 11.6 Å². The highest BCUT2D eigenvalue weighted by Crippen LogP contribution is 2.34. The first-order chi connectivity index (χ1) is 12.6. The van der Waals surface area contributed by atoms with Crippen molar-refractivity contribution in [3.8, 4) is 0 Å². The van der Waals surface area contributed by atoms with E-state index in [4.69, 9.17) is 11.6 Å². The van der Waals surface area contributed by atoms with Crippen molar-refractivity contribution in [1.29, 1.82) is 0 Å². The smallest absolute Gasteiger partial charge is 0.321 e. The lowest BCUT2D eigenvalue weighted by atomic mass is 10.1. The van der Waals surface area contributed by atoms with Gasteiger partial charge in [0.2, 0.25) is 5.91 Å². The van der Waals surface area contributed by atoms with Crippen LogP contribution in [0.5, 0.6) is 0 Å². The maximum atomic E-state index is 13.5. The Kier molecular flexibility index (Phi) is 4.69. The number of nitrogens with one attached hydrogen (secondary N) is 1. The van der Waals surface area contributed by atoms with Gasteiger partial charge in [0, 0.05) is 18.5 Å². The molecule has 1 heterocycles. The van der Waals surface area contributed by atoms with Gasteiger partial charge in [0.25, 0.3) is 5.91 Å². The largest absolute Gasteiger partial charge is 0.416 e. The van der Waals surface area contributed by atoms with Crippen LogP contribution in [-0.4, -0.2) is 16.4 Å². The van der Waals surface area contributed by atoms with Gasteiger partial charge >= 0.3 is 6.18 Å². The van der Waals surface area contributed by atoms with Crippen LogP contribution in [-0.2, 0) is 6.18 Å². The number of carbonyl (C=O) groups excluding carboxylic acids is 2. The Morgan fingerprint density at radius 2 is 1.81 bits per heavy atom. The van der Waals surface area contributed by atoms with Gasteiger partial charge in [-0.2, -0.15) is 13.2 Å². The molecule has 27 heavy (non-hydrogen) atoms. The molecule has 1 aromatic heterocycles. The molecule has 3 aromatic rings. The van der Waals surface area contributed by atoms with Gasteiger partial charge in [0.05, 0.1) is 27.4 Å². The predicted molar refractivity (Wildman–Crippen MR) is 92.6 cm³/mol. The topological polar surface area (TPSA) is 51.1 Å². The van der Waals surface area contributed by atoms with E-state index in [-0.39, 0.29) is 27.2 Å². The summed E-state index contributed by atoms with van der Waals surface area (Å²) in [5.41, 5.74) is -1.05. The van der Waals surface area contributed by atoms with Crippen molar-refractivity contribution in [2.45, 2.75) is 13.1 Å². The minimum absolute atomic E-state index is 0.00585. The molecule has 9 heteroatoms. The van der Waals surface area contributed by atoms with Crippen molar-refractivity contribution in [3.63, 3.8) is 0 Å². The third kappa shape index (κ3) is 3.66. The number of rotatable bonds is 2. The summed E-state index contributed by atoms with van der Waals surface area (Å²) in [7, 11) is 0. The van der Waals surface area contributed by atoms with Crippen LogP contribution in [0.15, 0.2) is 42.6 Å². The van der Waals surface area contributed by atoms with E-state index in [0.717, 1.165) is 28.8 Å². The van der Waals surface area contributed by atoms with Crippen LogP contribution in [0.25, 0.3) is 10.9 Å². The molecule has 0 atom stereocenters. The molecule has 0 radical (unpaired) electrons. The summed E-state index contributed by atoms with van der Waals surface area (Å²) in [5, 5.41) is 2.49. The number of fused-ring (bicyclic) bond motifs is 1. The van der Waals surface area contributed by atoms with Crippen molar-refractivity contribution in [1.82, 2.24) is 4.57 Å². The molecule has 4 nitrogen and oxygen atoms in total. The van der Waals surface area contributed by atoms with Crippen molar-refractivity contribution in [2.75, 3.05) is 5.32 Å². The van der Waals surface area contributed by atoms with E-state index in [0.29, 0.717) is 6.07 Å². The van der Waals surface area contributed by atoms with Gasteiger partial charge in [-0.05, 0) is 36.4 Å². The summed E-state index contributed by atoms with van der Waals surface area (Å²) in [6.07, 6.45) is -3.41. The van der Waals surface area contributed by atoms with Crippen molar-refractivity contribution < 1.29 is 27.2 Å². The van der Waals surface area contributed by atoms with Crippen LogP contribution < -0.4 is 5.32 Å². The fourth-order valence-corrected chi connectivity index (χ4v) is 2.79. The second kappa shape index (κ2) is 6.70. The van der Waals surface area contributed by atoms with Crippen LogP contribution in [0.3, 0.4) is 0 Å². The normalized spacial score (nSPS) is 11.6. The molecule has 0 saturated heterocycles. The van der Waals surface area contributed by atoms with E-state index in [1.807, 2.05) is 0 Å². The third-order valence-corrected chi connectivity index (χ3v) is 4.22. The van der Waals surface area contributed by atoms with E-state index in [9.17, 15) is 27.2 Å². The van der Waals surface area contributed by atoms with Gasteiger partial charge in [0.1, 0.15) is 5.82 Å². The summed E-state index contributed by atoms with van der Waals surface area (Å²) < 4.78 is 53.2. The number of hydrogen-bond acceptors (Lipinski definition) is 2. The number of nitrogens with zero attached hydrogens (tertiary/aromatic N) is 1. The quantitative estimate of drug-likeness (QED) is 0.590. The maximum absolute atomic E-state index is 13.5. The van der Waals surface area contributed by atoms with Gasteiger partial charge in [-0.1, -0.05) is 11.6 Å². The van der Waals surface area contributed by atoms with Crippen LogP contribution in [0, 0.1) is 5.82 Å². The average Bonchev–Trinajstić information content (AvgIpc) is 2.94. The molecule has 0 spiro atoms. The van der Waals surface area contributed by atoms with Crippen molar-refractivity contribution >= 4 is 40.0 Å². The minimum Gasteiger partial charge on any atom is -0.321 e. The minimum atomic E-state index is -4.60. The second-order valence-corrected chi connectivity index (χ2v) is 6.15. The third-order valence-electron chi connectivity index (χ3n) is 3.89. The highest BCUT2D eigenvalue weighted by atomic mass is 35.5. The second-order valence-electron chi connectivity index (χ2n) is 5.74. The zero-order chi connectivity index (χ0) is 19.9. The van der Waals surface area contributed by atoms with Gasteiger partial charge in [0.15, 0.2) is 0 Å². The zero-order valence-corrected chi connectivity index (χ0v) is 14.5. The van der Waals surface area contributed by atoms with Gasteiger partial charge in [-0.25, -0.2) is 4.39 Å². The molecule has 0 saturated carbocycles. The number of aromatic nitrogens is 1. The number of anilines is 1. The number of alkyl halides is 3. The van der Waals surface area contributed by atoms with Crippen LogP contribution in [0.4, 0.5) is 23.2 Å². The Bertz CT molecular complexity index is 1070. The molecule has 0 fully saturated rings. The fourth-order valence-electron chi connectivity index (χ4n) is 2.63. The number of halogens is 5. The molecule has 0 unspecified atom stereocenters. The van der Waals surface area contributed by atoms with E-state index in [2.05, 4.69) is 5.32 Å². The predicted octanol–water partition coefficient (Wildman–Crippen LogP) is 5.37. The molecule has 3 rings (SSSR count). The molecule has 0 aliphatic rings. The lowest BCUT2D eigenvalue weighted by Gasteiger charge is -2.11. The Balaban J connectivity index is 2.04. The molecule has 140 valence electrons. The molecule has 0 aliphatic heterocycles. The van der Waals surface area contributed by atoms with Crippen molar-refractivity contribution in [3.05, 3.63) is 64.6 Å². The molecular weight excluding hydrogens is 388 g/mol. The SMILES string of the molecule is CC(=O)n1cc(C(=O)Nc2cc(C(F)(F)F)ccc2Cl)c2ccc(F)cc21. The Labute approximate surface area is 155 Å². The zero-order valence-electron chi connectivity index (χ0n) is 13.7. The van der Waals surface area contributed by atoms with Crippen LogP contribution in [0.1, 0.15) is 27.6 Å². The van der Waals surface area contributed by atoms with Crippen LogP contribution in [0.2, 0.25) is 5.02 Å². The number of amides is 1. The van der Waals surface area contributed by atoms with E-state index in [1.54, 1.807) is 0 Å².